The number of hydrogen-bond acceptors (Lipinski definition) is 5. The highest BCUT2D eigenvalue weighted by atomic mass is 32.2. The van der Waals surface area contributed by atoms with Gasteiger partial charge < -0.3 is 14.6 Å². The summed E-state index contributed by atoms with van der Waals surface area (Å²) in [5.74, 6) is 0.334. The summed E-state index contributed by atoms with van der Waals surface area (Å²) in [5.41, 5.74) is 5.06. The Kier molecular flexibility index (Phi) is 4.13. The minimum absolute atomic E-state index is 0.0209. The van der Waals surface area contributed by atoms with Crippen LogP contribution in [-0.2, 0) is 42.1 Å². The van der Waals surface area contributed by atoms with Gasteiger partial charge in [-0.1, -0.05) is 0 Å². The second-order valence-corrected chi connectivity index (χ2v) is 9.09. The fourth-order valence-corrected chi connectivity index (χ4v) is 5.30. The molecule has 0 radical (unpaired) electrons. The van der Waals surface area contributed by atoms with Crippen molar-refractivity contribution >= 4 is 21.6 Å². The number of aromatic nitrogens is 3. The summed E-state index contributed by atoms with van der Waals surface area (Å²) >= 11 is 0. The number of pyridine rings is 1. The largest absolute Gasteiger partial charge is 0.477 e. The maximum atomic E-state index is 13.0. The van der Waals surface area contributed by atoms with Crippen LogP contribution >= 0.6 is 0 Å². The molecule has 3 N–H and O–H groups in total. The molecule has 0 fully saturated rings. The van der Waals surface area contributed by atoms with Gasteiger partial charge in [-0.15, -0.1) is 4.36 Å². The Morgan fingerprint density at radius 1 is 1.18 bits per heavy atom. The van der Waals surface area contributed by atoms with Crippen molar-refractivity contribution in [2.24, 2.45) is 9.50 Å². The van der Waals surface area contributed by atoms with Crippen molar-refractivity contribution in [1.29, 1.82) is 0 Å². The van der Waals surface area contributed by atoms with Crippen molar-refractivity contribution in [3.8, 4) is 5.88 Å². The van der Waals surface area contributed by atoms with Gasteiger partial charge >= 0.3 is 6.03 Å². The Morgan fingerprint density at radius 2 is 1.89 bits per heavy atom. The van der Waals surface area contributed by atoms with E-state index in [2.05, 4.69) is 14.7 Å². The number of rotatable bonds is 2. The molecule has 0 bridgehead atoms. The zero-order chi connectivity index (χ0) is 19.3. The van der Waals surface area contributed by atoms with E-state index in [1.165, 1.54) is 6.33 Å². The Hall–Kier alpha value is -2.46. The van der Waals surface area contributed by atoms with Gasteiger partial charge in [-0.25, -0.2) is 19.1 Å². The van der Waals surface area contributed by atoms with Crippen LogP contribution in [0.15, 0.2) is 15.7 Å². The minimum Gasteiger partial charge on any atom is -0.477 e. The van der Waals surface area contributed by atoms with Crippen LogP contribution in [0.25, 0.3) is 0 Å². The highest BCUT2D eigenvalue weighted by Crippen LogP contribution is 2.36. The van der Waals surface area contributed by atoms with Crippen LogP contribution in [0.3, 0.4) is 0 Å². The summed E-state index contributed by atoms with van der Waals surface area (Å²) in [6, 6.07) is -0.723. The number of fused-ring (bicyclic) bond motifs is 3. The number of carbonyl (C=O) groups excluding carboxylic acids is 1. The number of nitrogens with one attached hydrogen (secondary N) is 1. The van der Waals surface area contributed by atoms with Crippen LogP contribution in [0, 0.1) is 0 Å². The first-order valence-corrected chi connectivity index (χ1v) is 11.2. The summed E-state index contributed by atoms with van der Waals surface area (Å²) in [4.78, 5) is 21.5. The molecule has 2 aromatic rings. The number of ether oxygens (including phenoxy) is 1. The number of anilines is 1. The average Bonchev–Trinajstić information content (AvgIpc) is 3.39. The van der Waals surface area contributed by atoms with E-state index in [1.54, 1.807) is 4.57 Å². The lowest BCUT2D eigenvalue weighted by atomic mass is 10.1. The highest BCUT2D eigenvalue weighted by Gasteiger charge is 2.28. The van der Waals surface area contributed by atoms with E-state index in [9.17, 15) is 9.00 Å². The van der Waals surface area contributed by atoms with Gasteiger partial charge in [-0.3, -0.25) is 4.98 Å². The van der Waals surface area contributed by atoms with Crippen LogP contribution in [0.1, 0.15) is 41.8 Å². The molecule has 0 saturated carbocycles. The number of amides is 2. The first-order chi connectivity index (χ1) is 13.5. The fraction of sp³-hybridized carbons (Fsp3) is 0.500. The standard InChI is InChI=1S/C18H22N6O3S/c19-28(26,16-17-24(10-20-16)8-3-9-27-17)23-18(25)22-15-11-4-1-6-13(11)21-14-7-2-5-12(14)15/h10H,1-9H2,(H3,19,21,22,23,25,26). The van der Waals surface area contributed by atoms with Gasteiger partial charge in [0.2, 0.25) is 10.9 Å². The maximum Gasteiger partial charge on any atom is 0.354 e. The molecule has 9 nitrogen and oxygen atoms in total. The van der Waals surface area contributed by atoms with Crippen molar-refractivity contribution < 1.29 is 13.7 Å². The van der Waals surface area contributed by atoms with E-state index in [0.29, 0.717) is 19.0 Å². The molecule has 1 atom stereocenters. The molecule has 28 heavy (non-hydrogen) atoms. The summed E-state index contributed by atoms with van der Waals surface area (Å²) in [6.07, 6.45) is 8.02. The Bertz CT molecular complexity index is 1070. The van der Waals surface area contributed by atoms with E-state index >= 15 is 0 Å². The van der Waals surface area contributed by atoms with Gasteiger partial charge in [-0.05, 0) is 56.1 Å². The molecule has 5 rings (SSSR count). The first-order valence-electron chi connectivity index (χ1n) is 9.60. The zero-order valence-electron chi connectivity index (χ0n) is 15.4. The molecule has 3 heterocycles. The van der Waals surface area contributed by atoms with Gasteiger partial charge in [-0.2, -0.15) is 0 Å². The van der Waals surface area contributed by atoms with Crippen LogP contribution in [-0.4, -0.2) is 31.4 Å². The molecule has 0 saturated heterocycles. The molecule has 148 valence electrons. The van der Waals surface area contributed by atoms with Gasteiger partial charge in [0.05, 0.1) is 18.6 Å². The van der Waals surface area contributed by atoms with Crippen molar-refractivity contribution in [1.82, 2.24) is 14.5 Å². The second-order valence-electron chi connectivity index (χ2n) is 7.38. The van der Waals surface area contributed by atoms with Gasteiger partial charge in [0.1, 0.15) is 0 Å². The average molecular weight is 402 g/mol. The number of imidazole rings is 1. The monoisotopic (exact) mass is 402 g/mol. The number of urea groups is 1. The predicted molar refractivity (Wildman–Crippen MR) is 103 cm³/mol. The van der Waals surface area contributed by atoms with Gasteiger partial charge in [0.25, 0.3) is 0 Å². The topological polar surface area (TPSA) is 124 Å². The number of carbonyl (C=O) groups is 1. The van der Waals surface area contributed by atoms with Crippen molar-refractivity contribution in [2.75, 3.05) is 11.9 Å². The number of nitrogens with zero attached hydrogens (tertiary/aromatic N) is 4. The van der Waals surface area contributed by atoms with Gasteiger partial charge in [0, 0.05) is 17.9 Å². The number of hydrogen-bond donors (Lipinski definition) is 2. The normalized spacial score (nSPS) is 19.2. The SMILES string of the molecule is NS(=O)(=NC(=O)Nc1c2c(nc3c1CCC3)CCC2)c1ncn2c1OCCC2. The molecular formula is C18H22N6O3S. The van der Waals surface area contributed by atoms with Crippen LogP contribution < -0.4 is 15.2 Å². The van der Waals surface area contributed by atoms with Crippen molar-refractivity contribution in [3.63, 3.8) is 0 Å². The second kappa shape index (κ2) is 6.56. The third-order valence-corrected chi connectivity index (χ3v) is 6.79. The minimum atomic E-state index is -3.52. The third-order valence-electron chi connectivity index (χ3n) is 5.52. The lowest BCUT2D eigenvalue weighted by molar-refractivity contribution is 0.234. The fourth-order valence-electron chi connectivity index (χ4n) is 4.29. The Labute approximate surface area is 163 Å². The van der Waals surface area contributed by atoms with E-state index in [4.69, 9.17) is 14.9 Å². The highest BCUT2D eigenvalue weighted by molar-refractivity contribution is 7.91. The molecule has 3 aliphatic rings. The van der Waals surface area contributed by atoms with Gasteiger partial charge in [0.15, 0.2) is 9.92 Å². The summed E-state index contributed by atoms with van der Waals surface area (Å²) < 4.78 is 24.0. The predicted octanol–water partition coefficient (Wildman–Crippen LogP) is 1.97. The molecular weight excluding hydrogens is 380 g/mol. The van der Waals surface area contributed by atoms with E-state index in [-0.39, 0.29) is 5.03 Å². The number of nitrogens with two attached hydrogens (primary N) is 1. The lowest BCUT2D eigenvalue weighted by Gasteiger charge is -2.16. The number of aryl methyl sites for hydroxylation is 3. The quantitative estimate of drug-likeness (QED) is 0.795. The summed E-state index contributed by atoms with van der Waals surface area (Å²) in [5, 5.41) is 8.80. The molecule has 10 heteroatoms. The Balaban J connectivity index is 1.49. The molecule has 2 amide bonds. The molecule has 1 aliphatic heterocycles. The van der Waals surface area contributed by atoms with Crippen LogP contribution in [0.2, 0.25) is 0 Å². The lowest BCUT2D eigenvalue weighted by Crippen LogP contribution is -2.21. The Morgan fingerprint density at radius 3 is 2.61 bits per heavy atom. The summed E-state index contributed by atoms with van der Waals surface area (Å²) in [6.45, 7) is 1.20. The molecule has 0 spiro atoms. The molecule has 1 unspecified atom stereocenters. The first kappa shape index (κ1) is 17.6. The van der Waals surface area contributed by atoms with Crippen molar-refractivity contribution in [2.45, 2.75) is 56.5 Å². The third kappa shape index (κ3) is 2.87. The zero-order valence-corrected chi connectivity index (χ0v) is 16.3. The molecule has 2 aliphatic carbocycles. The van der Waals surface area contributed by atoms with E-state index in [0.717, 1.165) is 73.1 Å². The van der Waals surface area contributed by atoms with E-state index < -0.39 is 15.9 Å². The van der Waals surface area contributed by atoms with Crippen LogP contribution in [0.4, 0.5) is 10.5 Å². The summed E-state index contributed by atoms with van der Waals surface area (Å²) in [7, 11) is -3.52. The van der Waals surface area contributed by atoms with E-state index in [1.807, 2.05) is 0 Å². The smallest absolute Gasteiger partial charge is 0.354 e. The maximum absolute atomic E-state index is 13.0. The van der Waals surface area contributed by atoms with Crippen LogP contribution in [0.5, 0.6) is 5.88 Å². The molecule has 0 aromatic carbocycles. The van der Waals surface area contributed by atoms with Crippen molar-refractivity contribution in [3.05, 3.63) is 28.8 Å². The molecule has 2 aromatic heterocycles.